The molecule has 0 bridgehead atoms. The van der Waals surface area contributed by atoms with Gasteiger partial charge in [0.15, 0.2) is 11.5 Å². The first-order chi connectivity index (χ1) is 12.6. The van der Waals surface area contributed by atoms with Crippen molar-refractivity contribution in [3.8, 4) is 11.5 Å². The highest BCUT2D eigenvalue weighted by molar-refractivity contribution is 6.30. The summed E-state index contributed by atoms with van der Waals surface area (Å²) in [6.45, 7) is 0. The van der Waals surface area contributed by atoms with E-state index in [9.17, 15) is 4.79 Å². The van der Waals surface area contributed by atoms with Crippen LogP contribution < -0.4 is 20.1 Å². The summed E-state index contributed by atoms with van der Waals surface area (Å²) in [7, 11) is 3.07. The van der Waals surface area contributed by atoms with Gasteiger partial charge in [-0.25, -0.2) is 0 Å². The summed E-state index contributed by atoms with van der Waals surface area (Å²) < 4.78 is 10.4. The van der Waals surface area contributed by atoms with Crippen molar-refractivity contribution in [1.29, 1.82) is 0 Å². The molecule has 8 nitrogen and oxygen atoms in total. The summed E-state index contributed by atoms with van der Waals surface area (Å²) >= 11 is 5.96. The molecule has 3 rings (SSSR count). The number of hydrogen-bond donors (Lipinski definition) is 3. The van der Waals surface area contributed by atoms with Crippen molar-refractivity contribution in [2.45, 2.75) is 0 Å². The van der Waals surface area contributed by atoms with Crippen LogP contribution in [0.2, 0.25) is 5.02 Å². The van der Waals surface area contributed by atoms with Gasteiger partial charge in [0.2, 0.25) is 0 Å². The van der Waals surface area contributed by atoms with Crippen molar-refractivity contribution in [3.05, 3.63) is 53.2 Å². The van der Waals surface area contributed by atoms with E-state index in [1.165, 1.54) is 14.2 Å². The standard InChI is InChI=1S/C17H16ClN5O3/c1-25-13-7-12(8-14(9-13)26-2)20-17(24)15-16(22-23-21-15)19-11-5-3-4-10(18)6-11/h3-9H,1-2H3,(H,20,24)(H2,19,21,22,23). The monoisotopic (exact) mass is 373 g/mol. The van der Waals surface area contributed by atoms with Crippen molar-refractivity contribution >= 4 is 34.7 Å². The summed E-state index contributed by atoms with van der Waals surface area (Å²) in [4.78, 5) is 12.6. The number of benzene rings is 2. The Morgan fingerprint density at radius 2 is 1.77 bits per heavy atom. The SMILES string of the molecule is COc1cc(NC(=O)c2n[nH]nc2Nc2cccc(Cl)c2)cc(OC)c1. The zero-order chi connectivity index (χ0) is 18.5. The van der Waals surface area contributed by atoms with E-state index in [0.717, 1.165) is 0 Å². The number of hydrogen-bond acceptors (Lipinski definition) is 6. The lowest BCUT2D eigenvalue weighted by atomic mass is 10.2. The van der Waals surface area contributed by atoms with Gasteiger partial charge in [0.05, 0.1) is 14.2 Å². The van der Waals surface area contributed by atoms with Gasteiger partial charge in [-0.1, -0.05) is 17.7 Å². The van der Waals surface area contributed by atoms with E-state index in [0.29, 0.717) is 27.9 Å². The number of halogens is 1. The summed E-state index contributed by atoms with van der Waals surface area (Å²) in [6.07, 6.45) is 0. The number of aromatic amines is 1. The van der Waals surface area contributed by atoms with Crippen LogP contribution in [0.1, 0.15) is 10.5 Å². The zero-order valence-corrected chi connectivity index (χ0v) is 14.8. The Bertz CT molecular complexity index is 906. The van der Waals surface area contributed by atoms with Crippen LogP contribution in [0.4, 0.5) is 17.2 Å². The van der Waals surface area contributed by atoms with Crippen LogP contribution in [0.25, 0.3) is 0 Å². The lowest BCUT2D eigenvalue weighted by Crippen LogP contribution is -2.14. The Labute approximate surface area is 154 Å². The van der Waals surface area contributed by atoms with E-state index in [4.69, 9.17) is 21.1 Å². The fourth-order valence-electron chi connectivity index (χ4n) is 2.25. The van der Waals surface area contributed by atoms with Gasteiger partial charge in [-0.05, 0) is 18.2 Å². The Morgan fingerprint density at radius 3 is 2.42 bits per heavy atom. The second-order valence-corrected chi connectivity index (χ2v) is 5.65. The van der Waals surface area contributed by atoms with E-state index in [1.807, 2.05) is 0 Å². The van der Waals surface area contributed by atoms with Crippen molar-refractivity contribution in [1.82, 2.24) is 15.4 Å². The van der Waals surface area contributed by atoms with Crippen LogP contribution in [0.15, 0.2) is 42.5 Å². The third-order valence-corrected chi connectivity index (χ3v) is 3.69. The molecule has 134 valence electrons. The van der Waals surface area contributed by atoms with Gasteiger partial charge in [-0.2, -0.15) is 5.21 Å². The first kappa shape index (κ1) is 17.6. The van der Waals surface area contributed by atoms with Gasteiger partial charge in [-0.3, -0.25) is 4.79 Å². The molecule has 0 spiro atoms. The average molecular weight is 374 g/mol. The topological polar surface area (TPSA) is 101 Å². The molecule has 9 heteroatoms. The van der Waals surface area contributed by atoms with E-state index in [-0.39, 0.29) is 11.5 Å². The van der Waals surface area contributed by atoms with Crippen molar-refractivity contribution in [2.75, 3.05) is 24.9 Å². The molecule has 0 unspecified atom stereocenters. The predicted octanol–water partition coefficient (Wildman–Crippen LogP) is 3.47. The van der Waals surface area contributed by atoms with Gasteiger partial charge >= 0.3 is 0 Å². The number of H-pyrrole nitrogens is 1. The highest BCUT2D eigenvalue weighted by Crippen LogP contribution is 2.27. The summed E-state index contributed by atoms with van der Waals surface area (Å²) in [6, 6.07) is 12.1. The molecule has 0 saturated heterocycles. The fraction of sp³-hybridized carbons (Fsp3) is 0.118. The van der Waals surface area contributed by atoms with Crippen LogP contribution in [0.3, 0.4) is 0 Å². The Hall–Kier alpha value is -3.26. The highest BCUT2D eigenvalue weighted by Gasteiger charge is 2.17. The van der Waals surface area contributed by atoms with Crippen LogP contribution in [-0.4, -0.2) is 35.5 Å². The molecule has 3 N–H and O–H groups in total. The van der Waals surface area contributed by atoms with E-state index in [2.05, 4.69) is 26.0 Å². The number of aromatic nitrogens is 3. The van der Waals surface area contributed by atoms with E-state index in [1.54, 1.807) is 42.5 Å². The molecule has 0 aliphatic heterocycles. The van der Waals surface area contributed by atoms with Crippen LogP contribution in [-0.2, 0) is 0 Å². The summed E-state index contributed by atoms with van der Waals surface area (Å²) in [5.41, 5.74) is 1.29. The molecule has 2 aromatic carbocycles. The molecule has 0 atom stereocenters. The zero-order valence-electron chi connectivity index (χ0n) is 14.0. The van der Waals surface area contributed by atoms with Gasteiger partial charge in [0.1, 0.15) is 11.5 Å². The Morgan fingerprint density at radius 1 is 1.04 bits per heavy atom. The van der Waals surface area contributed by atoms with Gasteiger partial charge in [0, 0.05) is 34.6 Å². The number of rotatable bonds is 6. The molecular formula is C17H16ClN5O3. The molecule has 0 aliphatic carbocycles. The molecular weight excluding hydrogens is 358 g/mol. The maximum atomic E-state index is 12.6. The maximum Gasteiger partial charge on any atom is 0.280 e. The predicted molar refractivity (Wildman–Crippen MR) is 98.6 cm³/mol. The third-order valence-electron chi connectivity index (χ3n) is 3.46. The van der Waals surface area contributed by atoms with Gasteiger partial charge in [-0.15, -0.1) is 10.2 Å². The second-order valence-electron chi connectivity index (χ2n) is 5.21. The number of nitrogens with zero attached hydrogens (tertiary/aromatic N) is 2. The molecule has 0 radical (unpaired) electrons. The Balaban J connectivity index is 1.80. The van der Waals surface area contributed by atoms with Crippen LogP contribution >= 0.6 is 11.6 Å². The molecule has 1 heterocycles. The number of carbonyl (C=O) groups is 1. The number of carbonyl (C=O) groups excluding carboxylic acids is 1. The third kappa shape index (κ3) is 4.04. The molecule has 3 aromatic rings. The summed E-state index contributed by atoms with van der Waals surface area (Å²) in [5.74, 6) is 0.937. The molecule has 1 amide bonds. The minimum Gasteiger partial charge on any atom is -0.497 e. The molecule has 26 heavy (non-hydrogen) atoms. The summed E-state index contributed by atoms with van der Waals surface area (Å²) in [5, 5.41) is 16.6. The number of ether oxygens (including phenoxy) is 2. The number of nitrogens with one attached hydrogen (secondary N) is 3. The van der Waals surface area contributed by atoms with Crippen LogP contribution in [0, 0.1) is 0 Å². The van der Waals surface area contributed by atoms with Gasteiger partial charge < -0.3 is 20.1 Å². The lowest BCUT2D eigenvalue weighted by Gasteiger charge is -2.10. The van der Waals surface area contributed by atoms with E-state index < -0.39 is 5.91 Å². The Kier molecular flexibility index (Phi) is 5.23. The normalized spacial score (nSPS) is 10.3. The average Bonchev–Trinajstić information content (AvgIpc) is 3.09. The minimum absolute atomic E-state index is 0.103. The van der Waals surface area contributed by atoms with Crippen LogP contribution in [0.5, 0.6) is 11.5 Å². The molecule has 0 aliphatic rings. The van der Waals surface area contributed by atoms with Crippen molar-refractivity contribution in [2.24, 2.45) is 0 Å². The maximum absolute atomic E-state index is 12.6. The van der Waals surface area contributed by atoms with Gasteiger partial charge in [0.25, 0.3) is 5.91 Å². The smallest absolute Gasteiger partial charge is 0.280 e. The quantitative estimate of drug-likeness (QED) is 0.611. The first-order valence-corrected chi connectivity index (χ1v) is 7.94. The number of methoxy groups -OCH3 is 2. The molecule has 0 fully saturated rings. The van der Waals surface area contributed by atoms with E-state index >= 15 is 0 Å². The first-order valence-electron chi connectivity index (χ1n) is 7.57. The number of amides is 1. The highest BCUT2D eigenvalue weighted by atomic mass is 35.5. The van der Waals surface area contributed by atoms with Crippen molar-refractivity contribution in [3.63, 3.8) is 0 Å². The lowest BCUT2D eigenvalue weighted by molar-refractivity contribution is 0.102. The fourth-order valence-corrected chi connectivity index (χ4v) is 2.44. The molecule has 1 aromatic heterocycles. The second kappa shape index (κ2) is 7.75. The van der Waals surface area contributed by atoms with Crippen molar-refractivity contribution < 1.29 is 14.3 Å². The largest absolute Gasteiger partial charge is 0.497 e. The number of anilines is 3. The minimum atomic E-state index is -0.446. The molecule has 0 saturated carbocycles.